The normalized spacial score (nSPS) is 15.3. The first-order chi connectivity index (χ1) is 17.3. The number of thiazole rings is 1. The van der Waals surface area contributed by atoms with Crippen LogP contribution >= 0.6 is 27.3 Å². The lowest BCUT2D eigenvalue weighted by atomic mass is 9.95. The molecule has 188 valence electrons. The molecule has 1 aliphatic rings. The Labute approximate surface area is 220 Å². The van der Waals surface area contributed by atoms with Gasteiger partial charge in [0.25, 0.3) is 5.56 Å². The van der Waals surface area contributed by atoms with Gasteiger partial charge in [0.1, 0.15) is 23.3 Å². The van der Waals surface area contributed by atoms with Crippen LogP contribution in [-0.2, 0) is 9.53 Å². The van der Waals surface area contributed by atoms with Gasteiger partial charge in [-0.15, -0.1) is 0 Å². The Bertz CT molecular complexity index is 1540. The van der Waals surface area contributed by atoms with Crippen molar-refractivity contribution in [1.82, 2.24) is 4.57 Å². The Morgan fingerprint density at radius 2 is 1.86 bits per heavy atom. The molecule has 36 heavy (non-hydrogen) atoms. The van der Waals surface area contributed by atoms with Gasteiger partial charge in [-0.3, -0.25) is 9.36 Å². The lowest BCUT2D eigenvalue weighted by Gasteiger charge is -2.26. The summed E-state index contributed by atoms with van der Waals surface area (Å²) < 4.78 is 24.4. The van der Waals surface area contributed by atoms with Crippen LogP contribution in [-0.4, -0.2) is 38.5 Å². The summed E-state index contributed by atoms with van der Waals surface area (Å²) in [5, 5.41) is 0. The maximum atomic E-state index is 13.8. The Balaban J connectivity index is 1.97. The number of halogens is 1. The van der Waals surface area contributed by atoms with Crippen LogP contribution in [0.4, 0.5) is 0 Å². The van der Waals surface area contributed by atoms with E-state index < -0.39 is 12.0 Å². The number of hydrogen-bond acceptors (Lipinski definition) is 8. The third-order valence-corrected chi connectivity index (χ3v) is 7.33. The highest BCUT2D eigenvalue weighted by atomic mass is 79.9. The monoisotopic (exact) mass is 572 g/mol. The zero-order valence-electron chi connectivity index (χ0n) is 20.5. The maximum Gasteiger partial charge on any atom is 0.338 e. The summed E-state index contributed by atoms with van der Waals surface area (Å²) in [5.74, 6) is 1.22. The van der Waals surface area contributed by atoms with Crippen molar-refractivity contribution in [3.05, 3.63) is 83.0 Å². The predicted octanol–water partition coefficient (Wildman–Crippen LogP) is 3.59. The van der Waals surface area contributed by atoms with Crippen LogP contribution < -0.4 is 29.1 Å². The number of esters is 1. The van der Waals surface area contributed by atoms with E-state index in [0.717, 1.165) is 10.0 Å². The number of hydrogen-bond donors (Lipinski definition) is 0. The minimum atomic E-state index is -0.786. The molecule has 0 N–H and O–H groups in total. The van der Waals surface area contributed by atoms with E-state index in [1.807, 2.05) is 18.2 Å². The summed E-state index contributed by atoms with van der Waals surface area (Å²) in [5.41, 5.74) is 1.92. The van der Waals surface area contributed by atoms with Crippen LogP contribution in [0, 0.1) is 0 Å². The van der Waals surface area contributed by atoms with Crippen LogP contribution in [0.5, 0.6) is 17.2 Å². The van der Waals surface area contributed by atoms with E-state index in [2.05, 4.69) is 20.9 Å². The van der Waals surface area contributed by atoms with Gasteiger partial charge in [0, 0.05) is 11.6 Å². The minimum Gasteiger partial charge on any atom is -0.497 e. The van der Waals surface area contributed by atoms with Gasteiger partial charge in [0.05, 0.1) is 48.2 Å². The average Bonchev–Trinajstić information content (AvgIpc) is 3.17. The SMILES string of the molecule is CCOC(=O)C1=C(C)N=c2sc(=Cc3ccc(OC)c(Br)c3)c(=O)n2C1c1ccc(OC)cc1OC. The van der Waals surface area contributed by atoms with Gasteiger partial charge in [-0.25, -0.2) is 9.79 Å². The topological polar surface area (TPSA) is 88.4 Å². The van der Waals surface area contributed by atoms with Gasteiger partial charge < -0.3 is 18.9 Å². The molecule has 1 aliphatic heterocycles. The number of benzene rings is 2. The minimum absolute atomic E-state index is 0.193. The summed E-state index contributed by atoms with van der Waals surface area (Å²) in [7, 11) is 4.68. The summed E-state index contributed by atoms with van der Waals surface area (Å²) in [6.07, 6.45) is 1.79. The number of carbonyl (C=O) groups is 1. The second-order valence-electron chi connectivity index (χ2n) is 7.80. The van der Waals surface area contributed by atoms with E-state index in [-0.39, 0.29) is 17.7 Å². The van der Waals surface area contributed by atoms with E-state index in [9.17, 15) is 9.59 Å². The van der Waals surface area contributed by atoms with E-state index in [1.165, 1.54) is 23.0 Å². The average molecular weight is 573 g/mol. The molecule has 2 heterocycles. The molecule has 0 aliphatic carbocycles. The molecule has 4 rings (SSSR count). The molecule has 0 spiro atoms. The van der Waals surface area contributed by atoms with Gasteiger partial charge in [0.2, 0.25) is 0 Å². The number of aromatic nitrogens is 1. The highest BCUT2D eigenvalue weighted by Gasteiger charge is 2.35. The number of ether oxygens (including phenoxy) is 4. The quantitative estimate of drug-likeness (QED) is 0.402. The van der Waals surface area contributed by atoms with Crippen LogP contribution in [0.2, 0.25) is 0 Å². The Kier molecular flexibility index (Phi) is 7.65. The summed E-state index contributed by atoms with van der Waals surface area (Å²) in [6.45, 7) is 3.67. The fourth-order valence-corrected chi connectivity index (χ4v) is 5.66. The third-order valence-electron chi connectivity index (χ3n) is 5.73. The fraction of sp³-hybridized carbons (Fsp3) is 0.269. The van der Waals surface area contributed by atoms with Crippen molar-refractivity contribution in [2.45, 2.75) is 19.9 Å². The van der Waals surface area contributed by atoms with Gasteiger partial charge in [-0.2, -0.15) is 0 Å². The van der Waals surface area contributed by atoms with Gasteiger partial charge in [-0.05, 0) is 65.7 Å². The molecule has 3 aromatic rings. The number of rotatable bonds is 7. The molecule has 1 unspecified atom stereocenters. The van der Waals surface area contributed by atoms with Crippen LogP contribution in [0.15, 0.2) is 61.9 Å². The van der Waals surface area contributed by atoms with Crippen molar-refractivity contribution in [1.29, 1.82) is 0 Å². The molecule has 0 saturated heterocycles. The van der Waals surface area contributed by atoms with E-state index in [1.54, 1.807) is 52.3 Å². The number of fused-ring (bicyclic) bond motifs is 1. The highest BCUT2D eigenvalue weighted by Crippen LogP contribution is 2.37. The summed E-state index contributed by atoms with van der Waals surface area (Å²) in [4.78, 5) is 31.9. The third kappa shape index (κ3) is 4.70. The first-order valence-corrected chi connectivity index (χ1v) is 12.7. The predicted molar refractivity (Wildman–Crippen MR) is 141 cm³/mol. The second kappa shape index (κ2) is 10.7. The van der Waals surface area contributed by atoms with Gasteiger partial charge in [0.15, 0.2) is 4.80 Å². The molecule has 8 nitrogen and oxygen atoms in total. The number of carbonyl (C=O) groups excluding carboxylic acids is 1. The largest absolute Gasteiger partial charge is 0.497 e. The Morgan fingerprint density at radius 3 is 2.50 bits per heavy atom. The summed E-state index contributed by atoms with van der Waals surface area (Å²) in [6, 6.07) is 10.0. The molecule has 0 amide bonds. The number of methoxy groups -OCH3 is 3. The molecule has 1 atom stereocenters. The van der Waals surface area contributed by atoms with Gasteiger partial charge in [-0.1, -0.05) is 17.4 Å². The second-order valence-corrected chi connectivity index (χ2v) is 9.67. The van der Waals surface area contributed by atoms with Crippen LogP contribution in [0.3, 0.4) is 0 Å². The molecular weight excluding hydrogens is 548 g/mol. The Morgan fingerprint density at radius 1 is 1.11 bits per heavy atom. The molecule has 0 fully saturated rings. The van der Waals surface area contributed by atoms with E-state index in [0.29, 0.717) is 37.8 Å². The first-order valence-electron chi connectivity index (χ1n) is 11.1. The number of nitrogens with zero attached hydrogens (tertiary/aromatic N) is 2. The first kappa shape index (κ1) is 25.7. The maximum absolute atomic E-state index is 13.8. The smallest absolute Gasteiger partial charge is 0.338 e. The lowest BCUT2D eigenvalue weighted by molar-refractivity contribution is -0.139. The lowest BCUT2D eigenvalue weighted by Crippen LogP contribution is -2.40. The van der Waals surface area contributed by atoms with Crippen molar-refractivity contribution in [2.24, 2.45) is 4.99 Å². The van der Waals surface area contributed by atoms with E-state index in [4.69, 9.17) is 18.9 Å². The fourth-order valence-electron chi connectivity index (χ4n) is 4.05. The molecule has 0 saturated carbocycles. The molecule has 2 aromatic carbocycles. The van der Waals surface area contributed by atoms with Crippen LogP contribution in [0.25, 0.3) is 6.08 Å². The summed E-state index contributed by atoms with van der Waals surface area (Å²) >= 11 is 4.74. The molecule has 10 heteroatoms. The van der Waals surface area contributed by atoms with Crippen molar-refractivity contribution in [3.63, 3.8) is 0 Å². The standard InChI is InChI=1S/C26H25BrN2O6S/c1-6-35-25(31)22-14(2)28-26-29(23(22)17-9-8-16(32-3)13-20(17)34-5)24(30)21(36-26)12-15-7-10-19(33-4)18(27)11-15/h7-13,23H,6H2,1-5H3. The zero-order chi connectivity index (χ0) is 26.0. The Hall–Kier alpha value is -3.37. The van der Waals surface area contributed by atoms with Crippen LogP contribution in [0.1, 0.15) is 31.0 Å². The van der Waals surface area contributed by atoms with Gasteiger partial charge >= 0.3 is 5.97 Å². The van der Waals surface area contributed by atoms with Crippen molar-refractivity contribution >= 4 is 39.3 Å². The van der Waals surface area contributed by atoms with Crippen molar-refractivity contribution < 1.29 is 23.7 Å². The molecular formula is C26H25BrN2O6S. The van der Waals surface area contributed by atoms with Crippen molar-refractivity contribution in [3.8, 4) is 17.2 Å². The molecule has 0 bridgehead atoms. The highest BCUT2D eigenvalue weighted by molar-refractivity contribution is 9.10. The molecule has 0 radical (unpaired) electrons. The van der Waals surface area contributed by atoms with E-state index >= 15 is 0 Å². The number of allylic oxidation sites excluding steroid dienone is 1. The molecule has 1 aromatic heterocycles. The van der Waals surface area contributed by atoms with Crippen molar-refractivity contribution in [2.75, 3.05) is 27.9 Å². The zero-order valence-corrected chi connectivity index (χ0v) is 22.9.